The predicted octanol–water partition coefficient (Wildman–Crippen LogP) is 2.83. The van der Waals surface area contributed by atoms with Gasteiger partial charge in [-0.2, -0.15) is 0 Å². The average molecular weight is 438 g/mol. The molecular weight excluding hydrogens is 394 g/mol. The summed E-state index contributed by atoms with van der Waals surface area (Å²) < 4.78 is 5.40. The fourth-order valence-electron chi connectivity index (χ4n) is 5.14. The number of rotatable bonds is 8. The normalized spacial score (nSPS) is 24.5. The summed E-state index contributed by atoms with van der Waals surface area (Å²) in [6.45, 7) is 14.7. The number of nitrogens with zero attached hydrogens (tertiary/aromatic N) is 2. The Labute approximate surface area is 188 Å². The molecule has 0 aliphatic carbocycles. The van der Waals surface area contributed by atoms with Crippen molar-refractivity contribution >= 4 is 17.7 Å². The van der Waals surface area contributed by atoms with Crippen LogP contribution in [0.1, 0.15) is 73.6 Å². The Morgan fingerprint density at radius 2 is 1.71 bits per heavy atom. The highest BCUT2D eigenvalue weighted by Crippen LogP contribution is 2.37. The van der Waals surface area contributed by atoms with Crippen molar-refractivity contribution in [3.63, 3.8) is 0 Å². The van der Waals surface area contributed by atoms with E-state index >= 15 is 0 Å². The second-order valence-electron chi connectivity index (χ2n) is 11.6. The highest BCUT2D eigenvalue weighted by Gasteiger charge is 2.39. The highest BCUT2D eigenvalue weighted by atomic mass is 16.5. The van der Waals surface area contributed by atoms with Gasteiger partial charge in [-0.15, -0.1) is 0 Å². The van der Waals surface area contributed by atoms with Crippen molar-refractivity contribution < 1.29 is 19.1 Å². The fourth-order valence-corrected chi connectivity index (χ4v) is 5.14. The summed E-state index contributed by atoms with van der Waals surface area (Å²) in [6, 6.07) is 0.185. The second kappa shape index (κ2) is 10.3. The van der Waals surface area contributed by atoms with Crippen molar-refractivity contribution in [3.05, 3.63) is 0 Å². The lowest BCUT2D eigenvalue weighted by Gasteiger charge is -2.30. The number of carbonyl (C=O) groups excluding carboxylic acids is 3. The van der Waals surface area contributed by atoms with Crippen molar-refractivity contribution in [3.8, 4) is 0 Å². The summed E-state index contributed by atoms with van der Waals surface area (Å²) in [6.07, 6.45) is 3.67. The van der Waals surface area contributed by atoms with Crippen LogP contribution in [0, 0.1) is 16.7 Å². The molecule has 0 saturated carbocycles. The Balaban J connectivity index is 1.92. The van der Waals surface area contributed by atoms with E-state index in [9.17, 15) is 14.4 Å². The molecule has 0 radical (unpaired) electrons. The molecule has 0 bridgehead atoms. The van der Waals surface area contributed by atoms with E-state index in [1.54, 1.807) is 7.11 Å². The fraction of sp³-hybridized carbons (Fsp3) is 0.875. The molecule has 2 heterocycles. The molecule has 2 rings (SSSR count). The van der Waals surface area contributed by atoms with Crippen molar-refractivity contribution in [2.75, 3.05) is 33.4 Å². The topological polar surface area (TPSA) is 79.0 Å². The van der Waals surface area contributed by atoms with Crippen molar-refractivity contribution in [1.29, 1.82) is 0 Å². The Morgan fingerprint density at radius 1 is 1.03 bits per heavy atom. The first kappa shape index (κ1) is 25.6. The molecule has 3 atom stereocenters. The molecule has 0 spiro atoms. The standard InChI is InChI=1S/C24H43N3O4/c1-17(28)25-19-8-9-26(15-19)21(29)13-24(5,6)11-18-10-20(16-31-7)27(14-18)22(30)12-23(2,3)4/h18-20H,8-16H2,1-7H3,(H,25,28)/t18?,19-,20-/m1/s1. The minimum absolute atomic E-state index is 0.0384. The maximum atomic E-state index is 12.9. The van der Waals surface area contributed by atoms with Gasteiger partial charge in [0.1, 0.15) is 0 Å². The molecule has 0 aromatic carbocycles. The Morgan fingerprint density at radius 3 is 2.29 bits per heavy atom. The number of amides is 3. The van der Waals surface area contributed by atoms with Gasteiger partial charge >= 0.3 is 0 Å². The van der Waals surface area contributed by atoms with Crippen LogP contribution in [-0.4, -0.2) is 73.0 Å². The van der Waals surface area contributed by atoms with Gasteiger partial charge in [-0.25, -0.2) is 0 Å². The molecule has 0 aromatic heterocycles. The third-order valence-electron chi connectivity index (χ3n) is 6.28. The van der Waals surface area contributed by atoms with Crippen LogP contribution in [0.25, 0.3) is 0 Å². The van der Waals surface area contributed by atoms with Crippen LogP contribution in [0.5, 0.6) is 0 Å². The monoisotopic (exact) mass is 437 g/mol. The molecule has 7 nitrogen and oxygen atoms in total. The number of hydrogen-bond acceptors (Lipinski definition) is 4. The number of methoxy groups -OCH3 is 1. The lowest BCUT2D eigenvalue weighted by molar-refractivity contribution is -0.135. The van der Waals surface area contributed by atoms with Gasteiger partial charge in [0.05, 0.1) is 12.6 Å². The van der Waals surface area contributed by atoms with E-state index < -0.39 is 0 Å². The van der Waals surface area contributed by atoms with Gasteiger partial charge in [0.2, 0.25) is 17.7 Å². The largest absolute Gasteiger partial charge is 0.383 e. The van der Waals surface area contributed by atoms with Gasteiger partial charge < -0.3 is 19.9 Å². The number of nitrogens with one attached hydrogen (secondary N) is 1. The number of hydrogen-bond donors (Lipinski definition) is 1. The molecule has 1 unspecified atom stereocenters. The second-order valence-corrected chi connectivity index (χ2v) is 11.6. The van der Waals surface area contributed by atoms with Crippen molar-refractivity contribution in [2.24, 2.45) is 16.7 Å². The number of likely N-dealkylation sites (tertiary alicyclic amines) is 2. The summed E-state index contributed by atoms with van der Waals surface area (Å²) in [5.74, 6) is 0.687. The zero-order chi connectivity index (χ0) is 23.4. The summed E-state index contributed by atoms with van der Waals surface area (Å²) in [4.78, 5) is 40.9. The average Bonchev–Trinajstić information content (AvgIpc) is 3.19. The number of carbonyl (C=O) groups is 3. The highest BCUT2D eigenvalue weighted by molar-refractivity contribution is 5.78. The first-order valence-electron chi connectivity index (χ1n) is 11.6. The van der Waals surface area contributed by atoms with Gasteiger partial charge in [-0.05, 0) is 36.0 Å². The molecular formula is C24H43N3O4. The van der Waals surface area contributed by atoms with E-state index in [0.717, 1.165) is 25.8 Å². The van der Waals surface area contributed by atoms with Crippen LogP contribution in [-0.2, 0) is 19.1 Å². The summed E-state index contributed by atoms with van der Waals surface area (Å²) >= 11 is 0. The van der Waals surface area contributed by atoms with Crippen LogP contribution in [0.4, 0.5) is 0 Å². The molecule has 2 aliphatic rings. The predicted molar refractivity (Wildman–Crippen MR) is 121 cm³/mol. The molecule has 31 heavy (non-hydrogen) atoms. The smallest absolute Gasteiger partial charge is 0.223 e. The van der Waals surface area contributed by atoms with E-state index in [1.807, 2.05) is 9.80 Å². The van der Waals surface area contributed by atoms with Crippen molar-refractivity contribution in [1.82, 2.24) is 15.1 Å². The molecule has 3 amide bonds. The molecule has 2 saturated heterocycles. The van der Waals surface area contributed by atoms with Gasteiger partial charge in [-0.3, -0.25) is 14.4 Å². The molecule has 7 heteroatoms. The van der Waals surface area contributed by atoms with Crippen LogP contribution in [0.2, 0.25) is 0 Å². The minimum Gasteiger partial charge on any atom is -0.383 e. The van der Waals surface area contributed by atoms with Crippen LogP contribution >= 0.6 is 0 Å². The van der Waals surface area contributed by atoms with Gasteiger partial charge in [-0.1, -0.05) is 34.6 Å². The third kappa shape index (κ3) is 8.09. The minimum atomic E-state index is -0.144. The van der Waals surface area contributed by atoms with Gasteiger partial charge in [0.25, 0.3) is 0 Å². The summed E-state index contributed by atoms with van der Waals surface area (Å²) in [5.41, 5.74) is -0.183. The quantitative estimate of drug-likeness (QED) is 0.633. The first-order valence-corrected chi connectivity index (χ1v) is 11.6. The zero-order valence-corrected chi connectivity index (χ0v) is 20.6. The summed E-state index contributed by atoms with van der Waals surface area (Å²) in [5, 5.41) is 2.91. The van der Waals surface area contributed by atoms with E-state index in [2.05, 4.69) is 39.9 Å². The van der Waals surface area contributed by atoms with Crippen LogP contribution in [0.3, 0.4) is 0 Å². The van der Waals surface area contributed by atoms with E-state index in [4.69, 9.17) is 4.74 Å². The van der Waals surface area contributed by atoms with Crippen LogP contribution in [0.15, 0.2) is 0 Å². The van der Waals surface area contributed by atoms with Gasteiger partial charge in [0, 0.05) is 52.6 Å². The molecule has 2 aliphatic heterocycles. The Bertz CT molecular complexity index is 656. The lowest BCUT2D eigenvalue weighted by Crippen LogP contribution is -2.40. The number of ether oxygens (including phenoxy) is 1. The zero-order valence-electron chi connectivity index (χ0n) is 20.6. The Kier molecular flexibility index (Phi) is 8.54. The van der Waals surface area contributed by atoms with E-state index in [1.165, 1.54) is 6.92 Å². The van der Waals surface area contributed by atoms with Crippen LogP contribution < -0.4 is 5.32 Å². The molecule has 178 valence electrons. The lowest BCUT2D eigenvalue weighted by atomic mass is 9.79. The molecule has 0 aromatic rings. The summed E-state index contributed by atoms with van der Waals surface area (Å²) in [7, 11) is 1.69. The van der Waals surface area contributed by atoms with Gasteiger partial charge in [0.15, 0.2) is 0 Å². The SMILES string of the molecule is COC[C@H]1CC(CC(C)(C)CC(=O)N2CC[C@@H](NC(C)=O)C2)CN1C(=O)CC(C)(C)C. The Hall–Kier alpha value is -1.63. The van der Waals surface area contributed by atoms with E-state index in [-0.39, 0.29) is 40.6 Å². The molecule has 2 fully saturated rings. The maximum Gasteiger partial charge on any atom is 0.223 e. The maximum absolute atomic E-state index is 12.9. The van der Waals surface area contributed by atoms with E-state index in [0.29, 0.717) is 38.5 Å². The molecule has 1 N–H and O–H groups in total. The van der Waals surface area contributed by atoms with Crippen molar-refractivity contribution in [2.45, 2.75) is 85.7 Å². The first-order chi connectivity index (χ1) is 14.3. The third-order valence-corrected chi connectivity index (χ3v) is 6.28.